The van der Waals surface area contributed by atoms with Crippen LogP contribution in [0.3, 0.4) is 0 Å². The molecule has 2 aromatic carbocycles. The number of phosphoric ester groups is 1. The lowest BCUT2D eigenvalue weighted by atomic mass is 10.1. The van der Waals surface area contributed by atoms with Gasteiger partial charge in [0.2, 0.25) is 0 Å². The van der Waals surface area contributed by atoms with E-state index in [2.05, 4.69) is 27.2 Å². The molecule has 2 saturated heterocycles. The number of nitrogens with one attached hydrogen (secondary N) is 2. The van der Waals surface area contributed by atoms with Gasteiger partial charge in [-0.05, 0) is 36.4 Å². The number of ether oxygens (including phenoxy) is 4. The molecule has 4 aromatic rings. The van der Waals surface area contributed by atoms with E-state index in [1.807, 2.05) is 6.07 Å². The Kier molecular flexibility index (Phi) is 16.6. The number of hydrogen-bond acceptors (Lipinski definition) is 17. The third-order valence-corrected chi connectivity index (χ3v) is 11.0. The van der Waals surface area contributed by atoms with Crippen LogP contribution in [0.2, 0.25) is 0 Å². The van der Waals surface area contributed by atoms with Crippen molar-refractivity contribution < 1.29 is 60.6 Å². The number of hydrogen-bond donors (Lipinski definition) is 3. The summed E-state index contributed by atoms with van der Waals surface area (Å²) < 4.78 is 87.2. The molecular formula is C41H41F2N8O13P. The van der Waals surface area contributed by atoms with Gasteiger partial charge in [0.15, 0.2) is 31.1 Å². The predicted molar refractivity (Wildman–Crippen MR) is 220 cm³/mol. The van der Waals surface area contributed by atoms with Gasteiger partial charge >= 0.3 is 19.2 Å². The Morgan fingerprint density at radius 3 is 1.89 bits per heavy atom. The lowest BCUT2D eigenvalue weighted by Crippen LogP contribution is -2.43. The van der Waals surface area contributed by atoms with Crippen LogP contribution in [0.1, 0.15) is 46.0 Å². The van der Waals surface area contributed by atoms with E-state index in [1.165, 1.54) is 42.5 Å². The van der Waals surface area contributed by atoms with Crippen LogP contribution in [-0.2, 0) is 37.1 Å². The van der Waals surface area contributed by atoms with Gasteiger partial charge in [-0.2, -0.15) is 20.5 Å². The monoisotopic (exact) mass is 922 g/mol. The number of aliphatic hydroxyl groups is 1. The maximum absolute atomic E-state index is 16.7. The first kappa shape index (κ1) is 48.1. The first-order valence-corrected chi connectivity index (χ1v) is 21.2. The number of halogens is 2. The summed E-state index contributed by atoms with van der Waals surface area (Å²) in [4.78, 5) is 59.3. The average molecular weight is 923 g/mol. The number of anilines is 2. The summed E-state index contributed by atoms with van der Waals surface area (Å²) >= 11 is 0. The number of amides is 2. The quantitative estimate of drug-likeness (QED) is 0.0465. The first-order chi connectivity index (χ1) is 31.4. The summed E-state index contributed by atoms with van der Waals surface area (Å²) in [5.41, 5.74) is -1.64. The standard InChI is InChI=1S/C41H41F2N8O13P/c1-2-21-60-65(57,61-23-10-18-45)64-33-27(62-38(31(33)43)51-20-16-29(49-41(51)56)47-36(54)26-13-7-4-8-14-26)24-59-39(58-22-9-17-44)34-32(52)30(42)37(63-34)50-19-15-28(48-40(50)55)46-35(53)25-11-5-3-6-12-25/h2-8,11-16,19-20,27,30-34,37-39,52H,1,9-10,21-24H2,(H,46,48,53,55)(H,47,49,54,56)/t27-,30-,31-,32+,33-,34+,37-,38-,39?,65?/m1/s1. The molecule has 3 N–H and O–H groups in total. The number of benzene rings is 2. The highest BCUT2D eigenvalue weighted by Gasteiger charge is 2.53. The molecule has 2 fully saturated rings. The third-order valence-electron chi connectivity index (χ3n) is 9.52. The van der Waals surface area contributed by atoms with Gasteiger partial charge in [0.05, 0.1) is 51.4 Å². The van der Waals surface area contributed by atoms with Gasteiger partial charge in [0.25, 0.3) is 11.8 Å². The zero-order valence-electron chi connectivity index (χ0n) is 34.0. The number of nitrogens with zero attached hydrogens (tertiary/aromatic N) is 6. The Balaban J connectivity index is 1.23. The summed E-state index contributed by atoms with van der Waals surface area (Å²) in [5, 5.41) is 34.2. The number of phosphoric acid groups is 1. The minimum absolute atomic E-state index is 0.164. The fourth-order valence-electron chi connectivity index (χ4n) is 6.44. The molecule has 21 nitrogen and oxygen atoms in total. The normalized spacial score (nSPS) is 24.0. The van der Waals surface area contributed by atoms with Gasteiger partial charge in [0, 0.05) is 23.5 Å². The number of nitriles is 2. The Morgan fingerprint density at radius 2 is 1.37 bits per heavy atom. The van der Waals surface area contributed by atoms with Gasteiger partial charge < -0.3 is 34.7 Å². The molecule has 2 aromatic heterocycles. The molecule has 10 atom stereocenters. The highest BCUT2D eigenvalue weighted by atomic mass is 31.2. The SMILES string of the molecule is C=CCOP(=O)(OCCC#N)O[C@H]1[C@@H](F)[C@H](n2ccc(NC(=O)c3ccccc3)nc2=O)O[C@@H]1COC(OCCC#N)[C@H]1O[C@@H](n2ccc(NC(=O)c3ccccc3)nc2=O)[C@H](F)[C@@H]1O. The van der Waals surface area contributed by atoms with E-state index in [4.69, 9.17) is 37.8 Å². The Bertz CT molecular complexity index is 2540. The molecule has 0 saturated carbocycles. The van der Waals surface area contributed by atoms with Crippen LogP contribution in [0.25, 0.3) is 0 Å². The molecule has 0 spiro atoms. The minimum atomic E-state index is -4.75. The molecule has 2 unspecified atom stereocenters. The smallest absolute Gasteiger partial charge is 0.387 e. The molecule has 0 aliphatic carbocycles. The molecule has 0 radical (unpaired) electrons. The van der Waals surface area contributed by atoms with E-state index in [-0.39, 0.29) is 42.2 Å². The molecule has 2 aliphatic heterocycles. The van der Waals surface area contributed by atoms with Gasteiger partial charge in [-0.1, -0.05) is 42.5 Å². The number of carbonyl (C=O) groups is 2. The molecule has 342 valence electrons. The summed E-state index contributed by atoms with van der Waals surface area (Å²) in [5.74, 6) is -1.51. The van der Waals surface area contributed by atoms with Crippen molar-refractivity contribution in [3.8, 4) is 12.1 Å². The average Bonchev–Trinajstić information content (AvgIpc) is 3.77. The molecule has 2 amide bonds. The summed E-state index contributed by atoms with van der Waals surface area (Å²) in [6.07, 6.45) is -14.7. The van der Waals surface area contributed by atoms with E-state index in [1.54, 1.807) is 42.5 Å². The van der Waals surface area contributed by atoms with E-state index in [0.29, 0.717) is 0 Å². The number of rotatable bonds is 21. The largest absolute Gasteiger partial charge is 0.475 e. The van der Waals surface area contributed by atoms with Gasteiger partial charge in [0.1, 0.15) is 36.1 Å². The Morgan fingerprint density at radius 1 is 0.831 bits per heavy atom. The second-order valence-electron chi connectivity index (χ2n) is 13.9. The molecule has 65 heavy (non-hydrogen) atoms. The molecule has 0 bridgehead atoms. The first-order valence-electron chi connectivity index (χ1n) is 19.7. The Hall–Kier alpha value is -6.37. The van der Waals surface area contributed by atoms with Crippen LogP contribution < -0.4 is 22.0 Å². The van der Waals surface area contributed by atoms with E-state index < -0.39 is 106 Å². The lowest BCUT2D eigenvalue weighted by Gasteiger charge is -2.28. The molecule has 24 heteroatoms. The second-order valence-corrected chi connectivity index (χ2v) is 15.5. The number of aromatic nitrogens is 4. The molecular weight excluding hydrogens is 881 g/mol. The predicted octanol–water partition coefficient (Wildman–Crippen LogP) is 3.74. The van der Waals surface area contributed by atoms with Crippen molar-refractivity contribution >= 4 is 31.3 Å². The highest BCUT2D eigenvalue weighted by molar-refractivity contribution is 7.48. The van der Waals surface area contributed by atoms with Crippen molar-refractivity contribution in [1.29, 1.82) is 10.5 Å². The third kappa shape index (κ3) is 12.1. The van der Waals surface area contributed by atoms with E-state index in [9.17, 15) is 34.1 Å². The van der Waals surface area contributed by atoms with Crippen molar-refractivity contribution in [3.05, 3.63) is 130 Å². The van der Waals surface area contributed by atoms with Crippen LogP contribution in [-0.4, -0.2) is 105 Å². The number of aliphatic hydroxyl groups excluding tert-OH is 1. The van der Waals surface area contributed by atoms with Crippen LogP contribution in [0.5, 0.6) is 0 Å². The molecule has 6 rings (SSSR count). The maximum Gasteiger partial charge on any atom is 0.475 e. The zero-order chi connectivity index (χ0) is 46.5. The van der Waals surface area contributed by atoms with Crippen molar-refractivity contribution in [1.82, 2.24) is 19.1 Å². The van der Waals surface area contributed by atoms with Crippen molar-refractivity contribution in [3.63, 3.8) is 0 Å². The van der Waals surface area contributed by atoms with Gasteiger partial charge in [-0.25, -0.2) is 22.9 Å². The number of carbonyl (C=O) groups excluding carboxylic acids is 2. The zero-order valence-corrected chi connectivity index (χ0v) is 34.9. The minimum Gasteiger partial charge on any atom is -0.387 e. The maximum atomic E-state index is 16.7. The van der Waals surface area contributed by atoms with Crippen molar-refractivity contribution in [2.24, 2.45) is 0 Å². The van der Waals surface area contributed by atoms with E-state index in [0.717, 1.165) is 21.5 Å². The van der Waals surface area contributed by atoms with Crippen LogP contribution >= 0.6 is 7.82 Å². The lowest BCUT2D eigenvalue weighted by molar-refractivity contribution is -0.232. The highest BCUT2D eigenvalue weighted by Crippen LogP contribution is 2.53. The molecule has 4 heterocycles. The fourth-order valence-corrected chi connectivity index (χ4v) is 7.79. The summed E-state index contributed by atoms with van der Waals surface area (Å²) in [6.45, 7) is 1.43. The summed E-state index contributed by atoms with van der Waals surface area (Å²) in [6, 6.07) is 22.1. The van der Waals surface area contributed by atoms with Crippen LogP contribution in [0.15, 0.2) is 107 Å². The van der Waals surface area contributed by atoms with Gasteiger partial charge in [-0.15, -0.1) is 6.58 Å². The van der Waals surface area contributed by atoms with Crippen molar-refractivity contribution in [2.75, 3.05) is 37.1 Å². The van der Waals surface area contributed by atoms with Crippen LogP contribution in [0, 0.1) is 22.7 Å². The second kappa shape index (κ2) is 22.5. The Labute approximate surface area is 368 Å². The van der Waals surface area contributed by atoms with E-state index >= 15 is 8.78 Å². The summed E-state index contributed by atoms with van der Waals surface area (Å²) in [7, 11) is -4.75. The fraction of sp³-hybridized carbons (Fsp3) is 0.366. The van der Waals surface area contributed by atoms with Crippen molar-refractivity contribution in [2.45, 2.75) is 68.3 Å². The number of alkyl halides is 2. The topological polar surface area (TPSA) is 277 Å². The molecule has 2 aliphatic rings. The van der Waals surface area contributed by atoms with Crippen LogP contribution in [0.4, 0.5) is 20.4 Å². The van der Waals surface area contributed by atoms with Gasteiger partial charge in [-0.3, -0.25) is 32.3 Å².